The predicted molar refractivity (Wildman–Crippen MR) is 58.8 cm³/mol. The van der Waals surface area contributed by atoms with Gasteiger partial charge in [-0.25, -0.2) is 9.97 Å². The smallest absolute Gasteiger partial charge is 0.222 e. The number of nitrogens with zero attached hydrogens (tertiary/aromatic N) is 2. The molecule has 0 bridgehead atoms. The summed E-state index contributed by atoms with van der Waals surface area (Å²) in [6.07, 6.45) is 4.06. The standard InChI is InChI=1S/C11H17N3O/c1-9-2-5-12-11(14-9)13-8-10-3-6-15-7-4-10/h2,5,10H,3-4,6-8H2,1H3,(H,12,13,14). The highest BCUT2D eigenvalue weighted by molar-refractivity contribution is 5.24. The quantitative estimate of drug-likeness (QED) is 0.818. The molecule has 1 aromatic rings. The van der Waals surface area contributed by atoms with Gasteiger partial charge in [-0.15, -0.1) is 0 Å². The average Bonchev–Trinajstić information content (AvgIpc) is 2.28. The van der Waals surface area contributed by atoms with Gasteiger partial charge < -0.3 is 10.1 Å². The maximum absolute atomic E-state index is 5.31. The van der Waals surface area contributed by atoms with Crippen LogP contribution in [-0.4, -0.2) is 29.7 Å². The third kappa shape index (κ3) is 3.16. The SMILES string of the molecule is Cc1ccnc(NCC2CCOCC2)n1. The minimum atomic E-state index is 0.697. The van der Waals surface area contributed by atoms with Crippen LogP contribution in [0, 0.1) is 12.8 Å². The molecule has 0 aromatic carbocycles. The second kappa shape index (κ2) is 5.07. The van der Waals surface area contributed by atoms with Gasteiger partial charge in [-0.2, -0.15) is 0 Å². The summed E-state index contributed by atoms with van der Waals surface area (Å²) in [5, 5.41) is 3.28. The molecule has 0 saturated carbocycles. The Balaban J connectivity index is 1.81. The van der Waals surface area contributed by atoms with Gasteiger partial charge in [-0.05, 0) is 31.7 Å². The number of anilines is 1. The molecule has 0 aliphatic carbocycles. The van der Waals surface area contributed by atoms with Crippen LogP contribution in [0.3, 0.4) is 0 Å². The van der Waals surface area contributed by atoms with Crippen LogP contribution in [0.1, 0.15) is 18.5 Å². The fourth-order valence-corrected chi connectivity index (χ4v) is 1.72. The summed E-state index contributed by atoms with van der Waals surface area (Å²) in [5.74, 6) is 1.43. The van der Waals surface area contributed by atoms with E-state index in [-0.39, 0.29) is 0 Å². The van der Waals surface area contributed by atoms with E-state index >= 15 is 0 Å². The van der Waals surface area contributed by atoms with Gasteiger partial charge in [-0.3, -0.25) is 0 Å². The summed E-state index contributed by atoms with van der Waals surface area (Å²) >= 11 is 0. The number of hydrogen-bond donors (Lipinski definition) is 1. The Labute approximate surface area is 90.1 Å². The van der Waals surface area contributed by atoms with Gasteiger partial charge in [0.15, 0.2) is 0 Å². The molecule has 4 nitrogen and oxygen atoms in total. The first-order valence-corrected chi connectivity index (χ1v) is 5.46. The van der Waals surface area contributed by atoms with Crippen molar-refractivity contribution in [1.82, 2.24) is 9.97 Å². The van der Waals surface area contributed by atoms with E-state index in [1.807, 2.05) is 13.0 Å². The van der Waals surface area contributed by atoms with Gasteiger partial charge in [-0.1, -0.05) is 0 Å². The van der Waals surface area contributed by atoms with E-state index in [9.17, 15) is 0 Å². The van der Waals surface area contributed by atoms with Gasteiger partial charge in [0.2, 0.25) is 5.95 Å². The second-order valence-electron chi connectivity index (χ2n) is 3.96. The molecule has 0 atom stereocenters. The van der Waals surface area contributed by atoms with Crippen molar-refractivity contribution in [3.05, 3.63) is 18.0 Å². The number of nitrogens with one attached hydrogen (secondary N) is 1. The highest BCUT2D eigenvalue weighted by Crippen LogP contribution is 2.14. The predicted octanol–water partition coefficient (Wildman–Crippen LogP) is 1.62. The molecule has 15 heavy (non-hydrogen) atoms. The molecular formula is C11H17N3O. The molecule has 1 saturated heterocycles. The molecule has 0 spiro atoms. The molecule has 1 fully saturated rings. The lowest BCUT2D eigenvalue weighted by atomic mass is 10.0. The zero-order valence-electron chi connectivity index (χ0n) is 9.07. The third-order valence-electron chi connectivity index (χ3n) is 2.68. The van der Waals surface area contributed by atoms with E-state index in [1.54, 1.807) is 6.20 Å². The summed E-state index contributed by atoms with van der Waals surface area (Å²) in [7, 11) is 0. The van der Waals surface area contributed by atoms with E-state index < -0.39 is 0 Å². The van der Waals surface area contributed by atoms with E-state index in [0.29, 0.717) is 5.92 Å². The fraction of sp³-hybridized carbons (Fsp3) is 0.636. The molecule has 2 rings (SSSR count). The number of rotatable bonds is 3. The lowest BCUT2D eigenvalue weighted by Crippen LogP contribution is -2.23. The minimum absolute atomic E-state index is 0.697. The Hall–Kier alpha value is -1.16. The average molecular weight is 207 g/mol. The van der Waals surface area contributed by atoms with Crippen LogP contribution < -0.4 is 5.32 Å². The van der Waals surface area contributed by atoms with Crippen LogP contribution >= 0.6 is 0 Å². The summed E-state index contributed by atoms with van der Waals surface area (Å²) in [5.41, 5.74) is 1.000. The molecule has 82 valence electrons. The zero-order chi connectivity index (χ0) is 10.5. The second-order valence-corrected chi connectivity index (χ2v) is 3.96. The lowest BCUT2D eigenvalue weighted by molar-refractivity contribution is 0.0699. The largest absolute Gasteiger partial charge is 0.381 e. The third-order valence-corrected chi connectivity index (χ3v) is 2.68. The van der Waals surface area contributed by atoms with Crippen LogP contribution in [0.15, 0.2) is 12.3 Å². The molecule has 0 amide bonds. The summed E-state index contributed by atoms with van der Waals surface area (Å²) in [6.45, 7) is 4.70. The van der Waals surface area contributed by atoms with Crippen molar-refractivity contribution < 1.29 is 4.74 Å². The maximum Gasteiger partial charge on any atom is 0.222 e. The Bertz CT molecular complexity index is 310. The van der Waals surface area contributed by atoms with Crippen molar-refractivity contribution >= 4 is 5.95 Å². The summed E-state index contributed by atoms with van der Waals surface area (Å²) in [4.78, 5) is 8.47. The molecule has 1 N–H and O–H groups in total. The number of ether oxygens (including phenoxy) is 1. The van der Waals surface area contributed by atoms with Crippen LogP contribution in [0.5, 0.6) is 0 Å². The van der Waals surface area contributed by atoms with E-state index in [0.717, 1.165) is 44.2 Å². The molecule has 4 heteroatoms. The molecule has 1 aliphatic heterocycles. The van der Waals surface area contributed by atoms with Crippen LogP contribution in [0.4, 0.5) is 5.95 Å². The molecule has 1 aromatic heterocycles. The highest BCUT2D eigenvalue weighted by Gasteiger charge is 2.13. The van der Waals surface area contributed by atoms with Crippen molar-refractivity contribution in [1.29, 1.82) is 0 Å². The minimum Gasteiger partial charge on any atom is -0.381 e. The van der Waals surface area contributed by atoms with Gasteiger partial charge in [0.05, 0.1) is 0 Å². The van der Waals surface area contributed by atoms with Crippen LogP contribution in [0.25, 0.3) is 0 Å². The Kier molecular flexibility index (Phi) is 3.50. The fourth-order valence-electron chi connectivity index (χ4n) is 1.72. The normalized spacial score (nSPS) is 17.7. The highest BCUT2D eigenvalue weighted by atomic mass is 16.5. The molecule has 2 heterocycles. The van der Waals surface area contributed by atoms with Crippen LogP contribution in [-0.2, 0) is 4.74 Å². The number of hydrogen-bond acceptors (Lipinski definition) is 4. The first-order chi connectivity index (χ1) is 7.34. The molecule has 0 radical (unpaired) electrons. The topological polar surface area (TPSA) is 47.0 Å². The van der Waals surface area contributed by atoms with Gasteiger partial charge in [0, 0.05) is 31.6 Å². The van der Waals surface area contributed by atoms with Crippen molar-refractivity contribution in [2.24, 2.45) is 5.92 Å². The summed E-state index contributed by atoms with van der Waals surface area (Å²) in [6, 6.07) is 1.90. The van der Waals surface area contributed by atoms with Gasteiger partial charge >= 0.3 is 0 Å². The number of aromatic nitrogens is 2. The first-order valence-electron chi connectivity index (χ1n) is 5.46. The molecule has 1 aliphatic rings. The Morgan fingerprint density at radius 2 is 2.27 bits per heavy atom. The van der Waals surface area contributed by atoms with Crippen molar-refractivity contribution in [2.45, 2.75) is 19.8 Å². The van der Waals surface area contributed by atoms with Gasteiger partial charge in [0.1, 0.15) is 0 Å². The summed E-state index contributed by atoms with van der Waals surface area (Å²) < 4.78 is 5.31. The van der Waals surface area contributed by atoms with Crippen molar-refractivity contribution in [3.8, 4) is 0 Å². The molecule has 0 unspecified atom stereocenters. The lowest BCUT2D eigenvalue weighted by Gasteiger charge is -2.22. The van der Waals surface area contributed by atoms with E-state index in [4.69, 9.17) is 4.74 Å². The monoisotopic (exact) mass is 207 g/mol. The van der Waals surface area contributed by atoms with E-state index in [1.165, 1.54) is 0 Å². The first kappa shape index (κ1) is 10.4. The molecular weight excluding hydrogens is 190 g/mol. The van der Waals surface area contributed by atoms with Crippen molar-refractivity contribution in [2.75, 3.05) is 25.1 Å². The van der Waals surface area contributed by atoms with E-state index in [2.05, 4.69) is 15.3 Å². The van der Waals surface area contributed by atoms with Crippen molar-refractivity contribution in [3.63, 3.8) is 0 Å². The Morgan fingerprint density at radius 1 is 1.47 bits per heavy atom. The zero-order valence-corrected chi connectivity index (χ0v) is 9.07. The van der Waals surface area contributed by atoms with Gasteiger partial charge in [0.25, 0.3) is 0 Å². The Morgan fingerprint density at radius 3 is 3.00 bits per heavy atom. The number of aryl methyl sites for hydroxylation is 1. The van der Waals surface area contributed by atoms with Crippen LogP contribution in [0.2, 0.25) is 0 Å². The maximum atomic E-state index is 5.31.